The third-order valence-corrected chi connectivity index (χ3v) is 10.4. The minimum atomic E-state index is -0.427. The predicted molar refractivity (Wildman–Crippen MR) is 226 cm³/mol. The zero-order valence-electron chi connectivity index (χ0n) is 32.4. The van der Waals surface area contributed by atoms with Gasteiger partial charge in [-0.15, -0.1) is 0 Å². The molecule has 0 radical (unpaired) electrons. The zero-order chi connectivity index (χ0) is 40.5. The van der Waals surface area contributed by atoms with E-state index in [1.165, 1.54) is 12.1 Å². The molecule has 4 aromatic carbocycles. The molecule has 0 aliphatic heterocycles. The molecule has 58 heavy (non-hydrogen) atoms. The Balaban J connectivity index is 0.949. The Morgan fingerprint density at radius 2 is 0.862 bits per heavy atom. The molecule has 0 spiro atoms. The molecule has 8 rings (SSSR count). The Hall–Kier alpha value is -7.34. The van der Waals surface area contributed by atoms with Crippen LogP contribution in [0.15, 0.2) is 131 Å². The average Bonchev–Trinajstić information content (AvgIpc) is 3.92. The van der Waals surface area contributed by atoms with E-state index in [1.54, 1.807) is 12.4 Å². The molecule has 0 saturated carbocycles. The van der Waals surface area contributed by atoms with E-state index in [4.69, 9.17) is 0 Å². The van der Waals surface area contributed by atoms with Crippen LogP contribution in [0, 0.1) is 11.8 Å². The van der Waals surface area contributed by atoms with Crippen molar-refractivity contribution in [2.75, 3.05) is 0 Å². The van der Waals surface area contributed by atoms with Gasteiger partial charge < -0.3 is 30.6 Å². The lowest BCUT2D eigenvalue weighted by atomic mass is 10.0. The van der Waals surface area contributed by atoms with Gasteiger partial charge in [-0.3, -0.25) is 19.2 Å². The van der Waals surface area contributed by atoms with E-state index in [0.717, 1.165) is 33.6 Å². The number of carbonyl (C=O) groups is 2. The van der Waals surface area contributed by atoms with Crippen molar-refractivity contribution in [1.82, 2.24) is 40.5 Å². The third kappa shape index (κ3) is 7.59. The van der Waals surface area contributed by atoms with Gasteiger partial charge in [0.2, 0.25) is 11.1 Å². The number of carbonyl (C=O) groups excluding carboxylic acids is 2. The fourth-order valence-corrected chi connectivity index (χ4v) is 7.29. The van der Waals surface area contributed by atoms with Gasteiger partial charge in [-0.05, 0) is 44.9 Å². The van der Waals surface area contributed by atoms with Gasteiger partial charge in [0.05, 0.1) is 35.9 Å². The molecule has 2 unspecified atom stereocenters. The number of fused-ring (bicyclic) bond motifs is 2. The maximum atomic E-state index is 13.5. The molecule has 12 nitrogen and oxygen atoms in total. The van der Waals surface area contributed by atoms with E-state index in [0.29, 0.717) is 33.2 Å². The zero-order valence-corrected chi connectivity index (χ0v) is 32.4. The number of amides is 2. The summed E-state index contributed by atoms with van der Waals surface area (Å²) in [4.78, 5) is 73.1. The lowest BCUT2D eigenvalue weighted by molar-refractivity contribution is 0.0912. The maximum Gasteiger partial charge on any atom is 0.269 e. The van der Waals surface area contributed by atoms with Crippen LogP contribution >= 0.6 is 0 Å². The van der Waals surface area contributed by atoms with Crippen LogP contribution < -0.4 is 21.8 Å². The second kappa shape index (κ2) is 15.7. The minimum absolute atomic E-state index is 0.00883. The van der Waals surface area contributed by atoms with Gasteiger partial charge in [-0.2, -0.15) is 0 Å². The van der Waals surface area contributed by atoms with Crippen LogP contribution in [0.3, 0.4) is 0 Å². The highest BCUT2D eigenvalue weighted by Crippen LogP contribution is 2.30. The van der Waals surface area contributed by atoms with Crippen LogP contribution in [0.1, 0.15) is 72.4 Å². The highest BCUT2D eigenvalue weighted by molar-refractivity contribution is 6.06. The van der Waals surface area contributed by atoms with Gasteiger partial charge in [0, 0.05) is 22.9 Å². The standard InChI is InChI=1S/C46H42N8O4/c1-25(2)39(53-45(57)41-33-11-7-5-9-31(33)21-37(55)51-41)43-47-23-35(49-43)29-17-13-27(14-18-29)28-15-19-30(20-16-28)36-24-48-44(50-36)40(26(3)4)54-46(58)42-34-12-8-6-10-32(34)22-38(56)52-42/h5-26,39-40H,1-4H3,(H,47,49)(H,48,50)(H,51,55)(H,52,56)(H,53,57)(H,54,58). The summed E-state index contributed by atoms with van der Waals surface area (Å²) in [6.45, 7) is 8.02. The van der Waals surface area contributed by atoms with E-state index in [9.17, 15) is 19.2 Å². The summed E-state index contributed by atoms with van der Waals surface area (Å²) >= 11 is 0. The molecule has 2 amide bonds. The summed E-state index contributed by atoms with van der Waals surface area (Å²) in [5, 5.41) is 8.89. The summed E-state index contributed by atoms with van der Waals surface area (Å²) in [7, 11) is 0. The normalized spacial score (nSPS) is 12.6. The van der Waals surface area contributed by atoms with Crippen molar-refractivity contribution in [3.05, 3.63) is 165 Å². The summed E-state index contributed by atoms with van der Waals surface area (Å²) in [6, 6.07) is 33.0. The Kier molecular flexibility index (Phi) is 10.1. The number of benzene rings is 4. The van der Waals surface area contributed by atoms with Gasteiger partial charge in [0.15, 0.2) is 0 Å². The van der Waals surface area contributed by atoms with E-state index < -0.39 is 12.1 Å². The Morgan fingerprint density at radius 3 is 1.24 bits per heavy atom. The Morgan fingerprint density at radius 1 is 0.500 bits per heavy atom. The number of imidazole rings is 2. The van der Waals surface area contributed by atoms with Gasteiger partial charge in [0.1, 0.15) is 23.0 Å². The van der Waals surface area contributed by atoms with Crippen molar-refractivity contribution in [2.24, 2.45) is 11.8 Å². The molecule has 6 N–H and O–H groups in total. The Bertz CT molecular complexity index is 2700. The summed E-state index contributed by atoms with van der Waals surface area (Å²) in [5.41, 5.74) is 5.33. The maximum absolute atomic E-state index is 13.5. The van der Waals surface area contributed by atoms with Crippen LogP contribution in [0.4, 0.5) is 0 Å². The molecule has 2 atom stereocenters. The lowest BCUT2D eigenvalue weighted by Gasteiger charge is -2.21. The van der Waals surface area contributed by atoms with Gasteiger partial charge in [-0.25, -0.2) is 9.97 Å². The smallest absolute Gasteiger partial charge is 0.269 e. The van der Waals surface area contributed by atoms with Gasteiger partial charge in [-0.1, -0.05) is 125 Å². The topological polar surface area (TPSA) is 181 Å². The molecule has 0 saturated heterocycles. The highest BCUT2D eigenvalue weighted by Gasteiger charge is 2.25. The highest BCUT2D eigenvalue weighted by atomic mass is 16.2. The molecular formula is C46H42N8O4. The van der Waals surface area contributed by atoms with Crippen molar-refractivity contribution in [3.63, 3.8) is 0 Å². The molecule has 0 fully saturated rings. The molecule has 0 aliphatic rings. The number of nitrogens with zero attached hydrogens (tertiary/aromatic N) is 2. The molecule has 0 bridgehead atoms. The van der Waals surface area contributed by atoms with Crippen LogP contribution in [-0.2, 0) is 0 Å². The van der Waals surface area contributed by atoms with Crippen LogP contribution in [0.5, 0.6) is 0 Å². The summed E-state index contributed by atoms with van der Waals surface area (Å²) in [6.07, 6.45) is 3.53. The number of aromatic nitrogens is 6. The van der Waals surface area contributed by atoms with E-state index in [2.05, 4.69) is 64.8 Å². The molecule has 4 heterocycles. The fourth-order valence-electron chi connectivity index (χ4n) is 7.29. The first-order valence-electron chi connectivity index (χ1n) is 19.2. The second-order valence-electron chi connectivity index (χ2n) is 15.1. The van der Waals surface area contributed by atoms with Crippen molar-refractivity contribution >= 4 is 33.4 Å². The number of rotatable bonds is 11. The number of hydrogen-bond acceptors (Lipinski definition) is 6. The summed E-state index contributed by atoms with van der Waals surface area (Å²) < 4.78 is 0. The van der Waals surface area contributed by atoms with Crippen molar-refractivity contribution < 1.29 is 9.59 Å². The van der Waals surface area contributed by atoms with Crippen molar-refractivity contribution in [1.29, 1.82) is 0 Å². The first kappa shape index (κ1) is 37.6. The number of nitrogens with one attached hydrogen (secondary N) is 6. The van der Waals surface area contributed by atoms with E-state index >= 15 is 0 Å². The van der Waals surface area contributed by atoms with Crippen LogP contribution in [0.25, 0.3) is 55.2 Å². The lowest BCUT2D eigenvalue weighted by Crippen LogP contribution is -2.34. The fraction of sp³-hybridized carbons (Fsp3) is 0.174. The van der Waals surface area contributed by atoms with Gasteiger partial charge >= 0.3 is 0 Å². The monoisotopic (exact) mass is 770 g/mol. The molecule has 12 heteroatoms. The largest absolute Gasteiger partial charge is 0.341 e. The van der Waals surface area contributed by atoms with E-state index in [-0.39, 0.29) is 46.2 Å². The molecule has 8 aromatic rings. The first-order chi connectivity index (χ1) is 28.0. The number of pyridine rings is 2. The summed E-state index contributed by atoms with van der Waals surface area (Å²) in [5.74, 6) is 0.490. The van der Waals surface area contributed by atoms with Gasteiger partial charge in [0.25, 0.3) is 11.8 Å². The molecular weight excluding hydrogens is 729 g/mol. The Labute approximate surface area is 333 Å². The van der Waals surface area contributed by atoms with Crippen LogP contribution in [-0.4, -0.2) is 41.7 Å². The predicted octanol–water partition coefficient (Wildman–Crippen LogP) is 8.07. The second-order valence-corrected chi connectivity index (χ2v) is 15.1. The SMILES string of the molecule is CC(C)C(NC(=O)c1[nH]c(=O)cc2ccccc12)c1ncc(-c2ccc(-c3ccc(-c4cnc(C(NC(=O)c5[nH]c(=O)cc6ccccc56)C(C)C)[nH]4)cc3)cc2)[nH]1. The number of aromatic amines is 4. The minimum Gasteiger partial charge on any atom is -0.341 e. The molecule has 0 aliphatic carbocycles. The molecule has 290 valence electrons. The van der Waals surface area contributed by atoms with E-state index in [1.807, 2.05) is 100 Å². The van der Waals surface area contributed by atoms with Crippen LogP contribution in [0.2, 0.25) is 0 Å². The molecule has 4 aromatic heterocycles. The first-order valence-corrected chi connectivity index (χ1v) is 19.2. The number of H-pyrrole nitrogens is 4. The van der Waals surface area contributed by atoms with Crippen molar-refractivity contribution in [2.45, 2.75) is 39.8 Å². The number of hydrogen-bond donors (Lipinski definition) is 6. The quantitative estimate of drug-likeness (QED) is 0.0774. The third-order valence-electron chi connectivity index (χ3n) is 10.4. The van der Waals surface area contributed by atoms with Crippen molar-refractivity contribution in [3.8, 4) is 33.6 Å². The average molecular weight is 771 g/mol.